The molecule has 0 heterocycles. The maximum atomic E-state index is 12.5. The van der Waals surface area contributed by atoms with Gasteiger partial charge in [-0.2, -0.15) is 9.79 Å². The topological polar surface area (TPSA) is 0 Å². The zero-order valence-corrected chi connectivity index (χ0v) is 10.6. The monoisotopic (exact) mass is 276 g/mol. The van der Waals surface area contributed by atoms with Gasteiger partial charge in [-0.1, -0.05) is 0 Å². The van der Waals surface area contributed by atoms with Crippen LogP contribution in [0.2, 0.25) is 0 Å². The van der Waals surface area contributed by atoms with Crippen molar-refractivity contribution >= 4 is 25.3 Å². The Kier molecular flexibility index (Phi) is 4.48. The van der Waals surface area contributed by atoms with Gasteiger partial charge in [-0.05, 0) is 0 Å². The minimum atomic E-state index is -1.92. The fourth-order valence-electron chi connectivity index (χ4n) is 0.591. The average Bonchev–Trinajstić information content (AvgIpc) is 2.08. The van der Waals surface area contributed by atoms with Gasteiger partial charge in [0.05, 0.1) is 0 Å². The van der Waals surface area contributed by atoms with Crippen LogP contribution in [0.1, 0.15) is 0 Å². The molecule has 0 amide bonds. The second-order valence-electron chi connectivity index (χ2n) is 1.91. The van der Waals surface area contributed by atoms with Crippen molar-refractivity contribution in [2.24, 2.45) is 0 Å². The molecular formula is C6F4S2Zn. The molecule has 0 N–H and O–H groups in total. The van der Waals surface area contributed by atoms with E-state index in [2.05, 4.69) is 25.3 Å². The second kappa shape index (κ2) is 4.48. The van der Waals surface area contributed by atoms with E-state index in [-0.39, 0.29) is 19.5 Å². The van der Waals surface area contributed by atoms with E-state index < -0.39 is 33.1 Å². The summed E-state index contributed by atoms with van der Waals surface area (Å²) < 4.78 is 49.6. The van der Waals surface area contributed by atoms with Gasteiger partial charge in [0.25, 0.3) is 0 Å². The van der Waals surface area contributed by atoms with Crippen molar-refractivity contribution in [2.45, 2.75) is 9.79 Å². The number of hydrogen-bond acceptors (Lipinski definition) is 2. The molecule has 0 aliphatic heterocycles. The van der Waals surface area contributed by atoms with Gasteiger partial charge in [-0.15, -0.1) is 0 Å². The van der Waals surface area contributed by atoms with Crippen molar-refractivity contribution in [3.63, 3.8) is 0 Å². The van der Waals surface area contributed by atoms with Gasteiger partial charge in [0.1, 0.15) is 11.6 Å². The molecule has 0 saturated carbocycles. The van der Waals surface area contributed by atoms with Gasteiger partial charge in [0.2, 0.25) is 0 Å². The van der Waals surface area contributed by atoms with E-state index in [4.69, 9.17) is 0 Å². The molecular weight excluding hydrogens is 278 g/mol. The molecule has 0 nitrogen and oxygen atoms in total. The maximum Gasteiger partial charge on any atom is 2.00 e. The largest absolute Gasteiger partial charge is 2.00 e. The summed E-state index contributed by atoms with van der Waals surface area (Å²) in [5.41, 5.74) is 0. The summed E-state index contributed by atoms with van der Waals surface area (Å²) in [6.45, 7) is 0. The van der Waals surface area contributed by atoms with Crippen molar-refractivity contribution in [3.8, 4) is 0 Å². The summed E-state index contributed by atoms with van der Waals surface area (Å²) in [7, 11) is 0. The number of rotatable bonds is 0. The van der Waals surface area contributed by atoms with E-state index in [0.29, 0.717) is 0 Å². The van der Waals surface area contributed by atoms with Gasteiger partial charge in [0, 0.05) is 0 Å². The molecule has 0 bridgehead atoms. The van der Waals surface area contributed by atoms with Crippen LogP contribution in [0.25, 0.3) is 0 Å². The van der Waals surface area contributed by atoms with Gasteiger partial charge in [0.15, 0.2) is 11.6 Å². The molecule has 0 fully saturated rings. The third kappa shape index (κ3) is 2.08. The Morgan fingerprint density at radius 3 is 1.08 bits per heavy atom. The molecule has 7 heteroatoms. The molecule has 0 unspecified atom stereocenters. The first-order valence-electron chi connectivity index (χ1n) is 2.66. The first-order chi connectivity index (χ1) is 5.46. The minimum absolute atomic E-state index is 0. The minimum Gasteiger partial charge on any atom is -0.778 e. The predicted molar refractivity (Wildman–Crippen MR) is 37.5 cm³/mol. The van der Waals surface area contributed by atoms with Crippen molar-refractivity contribution in [1.82, 2.24) is 0 Å². The van der Waals surface area contributed by atoms with E-state index in [1.807, 2.05) is 0 Å². The molecule has 1 aromatic rings. The summed E-state index contributed by atoms with van der Waals surface area (Å²) in [6, 6.07) is 0. The summed E-state index contributed by atoms with van der Waals surface area (Å²) in [5.74, 6) is -7.08. The molecule has 0 radical (unpaired) electrons. The standard InChI is InChI=1S/C6H2F4S2.Zn/c7-1-2(8)4(10)6(12)5(11)3(1)9;/h11-12H;/q;+2/p-2. The normalized spacial score (nSPS) is 9.54. The van der Waals surface area contributed by atoms with E-state index >= 15 is 0 Å². The third-order valence-corrected chi connectivity index (χ3v) is 2.08. The summed E-state index contributed by atoms with van der Waals surface area (Å²) in [5, 5.41) is 0. The average molecular weight is 278 g/mol. The third-order valence-electron chi connectivity index (χ3n) is 1.18. The zero-order chi connectivity index (χ0) is 9.46. The molecule has 0 aromatic heterocycles. The number of halogens is 4. The fraction of sp³-hybridized carbons (Fsp3) is 0. The Bertz CT molecular complexity index is 237. The Hall–Kier alpha value is 0.00338. The molecule has 13 heavy (non-hydrogen) atoms. The fourth-order valence-corrected chi connectivity index (χ4v) is 0.950. The van der Waals surface area contributed by atoms with Gasteiger partial charge < -0.3 is 25.3 Å². The van der Waals surface area contributed by atoms with E-state index in [1.165, 1.54) is 0 Å². The van der Waals surface area contributed by atoms with E-state index in [1.54, 1.807) is 0 Å². The van der Waals surface area contributed by atoms with Crippen LogP contribution in [0.15, 0.2) is 9.79 Å². The number of benzene rings is 1. The van der Waals surface area contributed by atoms with Crippen molar-refractivity contribution < 1.29 is 37.0 Å². The van der Waals surface area contributed by atoms with Gasteiger partial charge in [-0.3, -0.25) is 0 Å². The summed E-state index contributed by atoms with van der Waals surface area (Å²) in [4.78, 5) is -1.61. The van der Waals surface area contributed by atoms with Crippen LogP contribution < -0.4 is 0 Å². The molecule has 66 valence electrons. The first kappa shape index (κ1) is 13.0. The van der Waals surface area contributed by atoms with Crippen LogP contribution in [0.3, 0.4) is 0 Å². The van der Waals surface area contributed by atoms with Gasteiger partial charge >= 0.3 is 19.5 Å². The SMILES string of the molecule is Fc1c(F)c(F)c([S-])c([S-])c1F.[Zn+2]. The first-order valence-corrected chi connectivity index (χ1v) is 3.48. The zero-order valence-electron chi connectivity index (χ0n) is 6.04. The molecule has 1 aromatic carbocycles. The predicted octanol–water partition coefficient (Wildman–Crippen LogP) is 2.05. The molecule has 0 aliphatic rings. The van der Waals surface area contributed by atoms with Crippen LogP contribution in [0.5, 0.6) is 0 Å². The summed E-state index contributed by atoms with van der Waals surface area (Å²) >= 11 is 8.41. The quantitative estimate of drug-likeness (QED) is 0.234. The van der Waals surface area contributed by atoms with Crippen molar-refractivity contribution in [3.05, 3.63) is 23.3 Å². The maximum absolute atomic E-state index is 12.5. The molecule has 1 rings (SSSR count). The summed E-state index contributed by atoms with van der Waals surface area (Å²) in [6.07, 6.45) is 0. The number of hydrogen-bond donors (Lipinski definition) is 0. The molecule has 0 atom stereocenters. The molecule has 0 aliphatic carbocycles. The van der Waals surface area contributed by atoms with Crippen LogP contribution in [-0.2, 0) is 44.7 Å². The molecule has 0 spiro atoms. The van der Waals surface area contributed by atoms with Crippen molar-refractivity contribution in [1.29, 1.82) is 0 Å². The smallest absolute Gasteiger partial charge is 0.778 e. The Balaban J connectivity index is 0.00000144. The second-order valence-corrected chi connectivity index (χ2v) is 2.73. The van der Waals surface area contributed by atoms with E-state index in [9.17, 15) is 17.6 Å². The van der Waals surface area contributed by atoms with Crippen molar-refractivity contribution in [2.75, 3.05) is 0 Å². The van der Waals surface area contributed by atoms with Crippen LogP contribution >= 0.6 is 0 Å². The Morgan fingerprint density at radius 2 is 0.846 bits per heavy atom. The molecule has 0 saturated heterocycles. The Morgan fingerprint density at radius 1 is 0.615 bits per heavy atom. The Labute approximate surface area is 95.3 Å². The van der Waals surface area contributed by atoms with Crippen LogP contribution in [0, 0.1) is 23.3 Å². The van der Waals surface area contributed by atoms with Gasteiger partial charge in [-0.25, -0.2) is 17.6 Å². The van der Waals surface area contributed by atoms with Crippen LogP contribution in [0.4, 0.5) is 17.6 Å². The van der Waals surface area contributed by atoms with E-state index in [0.717, 1.165) is 0 Å². The van der Waals surface area contributed by atoms with Crippen LogP contribution in [-0.4, -0.2) is 0 Å².